The van der Waals surface area contributed by atoms with Crippen LogP contribution in [-0.2, 0) is 0 Å². The number of benzene rings is 2. The average Bonchev–Trinajstić information content (AvgIpc) is 2.25. The molecule has 0 spiro atoms. The van der Waals surface area contributed by atoms with E-state index in [0.29, 0.717) is 0 Å². The minimum Gasteiger partial charge on any atom is -0.491 e. The van der Waals surface area contributed by atoms with E-state index in [1.54, 1.807) is 13.8 Å². The van der Waals surface area contributed by atoms with E-state index in [4.69, 9.17) is 4.74 Å². The van der Waals surface area contributed by atoms with Crippen molar-refractivity contribution in [2.75, 3.05) is 6.61 Å². The Morgan fingerprint density at radius 2 is 1.76 bits per heavy atom. The highest BCUT2D eigenvalue weighted by Gasteiger charge is 2.13. The Labute approximate surface area is 109 Å². The van der Waals surface area contributed by atoms with E-state index in [2.05, 4.69) is 22.0 Å². The molecule has 0 saturated carbocycles. The van der Waals surface area contributed by atoms with E-state index in [-0.39, 0.29) is 6.61 Å². The summed E-state index contributed by atoms with van der Waals surface area (Å²) in [4.78, 5) is 0. The minimum absolute atomic E-state index is 0.287. The lowest BCUT2D eigenvalue weighted by Gasteiger charge is -2.17. The van der Waals surface area contributed by atoms with Crippen molar-refractivity contribution in [3.05, 3.63) is 40.9 Å². The van der Waals surface area contributed by atoms with Crippen LogP contribution in [0.5, 0.6) is 5.75 Å². The van der Waals surface area contributed by atoms with Crippen LogP contribution in [0.15, 0.2) is 40.9 Å². The lowest BCUT2D eigenvalue weighted by atomic mass is 10.1. The third-order valence-corrected chi connectivity index (χ3v) is 2.86. The van der Waals surface area contributed by atoms with Crippen molar-refractivity contribution in [2.45, 2.75) is 19.4 Å². The van der Waals surface area contributed by atoms with Crippen molar-refractivity contribution in [1.29, 1.82) is 0 Å². The first-order valence-corrected chi connectivity index (χ1v) is 6.28. The topological polar surface area (TPSA) is 29.5 Å². The van der Waals surface area contributed by atoms with Gasteiger partial charge in [-0.25, -0.2) is 0 Å². The van der Waals surface area contributed by atoms with Crippen LogP contribution in [0.4, 0.5) is 0 Å². The second kappa shape index (κ2) is 4.67. The van der Waals surface area contributed by atoms with Gasteiger partial charge in [-0.3, -0.25) is 0 Å². The van der Waals surface area contributed by atoms with Crippen molar-refractivity contribution in [1.82, 2.24) is 0 Å². The third-order valence-electron chi connectivity index (χ3n) is 2.37. The van der Waals surface area contributed by atoms with Gasteiger partial charge in [-0.15, -0.1) is 0 Å². The summed E-state index contributed by atoms with van der Waals surface area (Å²) in [6, 6.07) is 12.0. The fraction of sp³-hybridized carbons (Fsp3) is 0.286. The summed E-state index contributed by atoms with van der Waals surface area (Å²) in [6.45, 7) is 3.74. The molecule has 0 amide bonds. The molecule has 0 aliphatic heterocycles. The fourth-order valence-electron chi connectivity index (χ4n) is 1.54. The molecule has 0 saturated heterocycles. The zero-order chi connectivity index (χ0) is 12.5. The van der Waals surface area contributed by atoms with Gasteiger partial charge in [0, 0.05) is 4.47 Å². The molecule has 2 rings (SSSR count). The van der Waals surface area contributed by atoms with Gasteiger partial charge < -0.3 is 9.84 Å². The van der Waals surface area contributed by atoms with E-state index in [1.807, 2.05) is 30.3 Å². The number of hydrogen-bond acceptors (Lipinski definition) is 2. The zero-order valence-electron chi connectivity index (χ0n) is 9.90. The van der Waals surface area contributed by atoms with Gasteiger partial charge in [0.25, 0.3) is 0 Å². The first-order valence-electron chi connectivity index (χ1n) is 5.49. The first kappa shape index (κ1) is 12.4. The molecule has 2 aromatic rings. The quantitative estimate of drug-likeness (QED) is 0.934. The molecular weight excluding hydrogens is 280 g/mol. The lowest BCUT2D eigenvalue weighted by Crippen LogP contribution is -2.27. The van der Waals surface area contributed by atoms with Crippen LogP contribution in [0.3, 0.4) is 0 Å². The maximum absolute atomic E-state index is 9.60. The van der Waals surface area contributed by atoms with Gasteiger partial charge in [-0.1, -0.05) is 28.1 Å². The Morgan fingerprint density at radius 1 is 1.12 bits per heavy atom. The lowest BCUT2D eigenvalue weighted by molar-refractivity contribution is 0.0285. The van der Waals surface area contributed by atoms with Crippen LogP contribution >= 0.6 is 15.9 Å². The van der Waals surface area contributed by atoms with E-state index < -0.39 is 5.60 Å². The van der Waals surface area contributed by atoms with E-state index in [9.17, 15) is 5.11 Å². The fourth-order valence-corrected chi connectivity index (χ4v) is 1.92. The average molecular weight is 295 g/mol. The highest BCUT2D eigenvalue weighted by Crippen LogP contribution is 2.24. The van der Waals surface area contributed by atoms with Gasteiger partial charge in [-0.2, -0.15) is 0 Å². The Hall–Kier alpha value is -1.06. The monoisotopic (exact) mass is 294 g/mol. The molecule has 2 nitrogen and oxygen atoms in total. The van der Waals surface area contributed by atoms with Gasteiger partial charge in [0.15, 0.2) is 0 Å². The van der Waals surface area contributed by atoms with Crippen molar-refractivity contribution in [3.8, 4) is 5.75 Å². The number of halogens is 1. The molecule has 3 heteroatoms. The molecule has 0 aliphatic carbocycles. The van der Waals surface area contributed by atoms with Gasteiger partial charge in [0.05, 0.1) is 5.60 Å². The van der Waals surface area contributed by atoms with Crippen LogP contribution in [0.1, 0.15) is 13.8 Å². The van der Waals surface area contributed by atoms with Crippen LogP contribution in [0, 0.1) is 0 Å². The molecular formula is C14H15BrO2. The Balaban J connectivity index is 2.23. The molecule has 0 unspecified atom stereocenters. The number of aliphatic hydroxyl groups is 1. The molecule has 1 N–H and O–H groups in total. The smallest absolute Gasteiger partial charge is 0.120 e. The molecule has 2 aromatic carbocycles. The summed E-state index contributed by atoms with van der Waals surface area (Å²) < 4.78 is 6.61. The van der Waals surface area contributed by atoms with Crippen molar-refractivity contribution < 1.29 is 9.84 Å². The number of fused-ring (bicyclic) bond motifs is 1. The van der Waals surface area contributed by atoms with Crippen LogP contribution in [-0.4, -0.2) is 17.3 Å². The Morgan fingerprint density at radius 3 is 2.47 bits per heavy atom. The number of ether oxygens (including phenoxy) is 1. The Kier molecular flexibility index (Phi) is 3.40. The maximum Gasteiger partial charge on any atom is 0.120 e. The van der Waals surface area contributed by atoms with Crippen molar-refractivity contribution in [2.24, 2.45) is 0 Å². The molecule has 0 fully saturated rings. The Bertz CT molecular complexity index is 529. The highest BCUT2D eigenvalue weighted by molar-refractivity contribution is 9.10. The summed E-state index contributed by atoms with van der Waals surface area (Å²) in [5.41, 5.74) is -0.811. The molecule has 0 aromatic heterocycles. The van der Waals surface area contributed by atoms with Gasteiger partial charge in [0.1, 0.15) is 12.4 Å². The summed E-state index contributed by atoms with van der Waals surface area (Å²) in [5.74, 6) is 0.780. The van der Waals surface area contributed by atoms with Gasteiger partial charge in [-0.05, 0) is 48.9 Å². The largest absolute Gasteiger partial charge is 0.491 e. The molecule has 0 radical (unpaired) electrons. The van der Waals surface area contributed by atoms with E-state index >= 15 is 0 Å². The predicted octanol–water partition coefficient (Wildman–Crippen LogP) is 3.75. The summed E-state index contributed by atoms with van der Waals surface area (Å²) in [5, 5.41) is 11.9. The summed E-state index contributed by atoms with van der Waals surface area (Å²) in [6.07, 6.45) is 0. The second-order valence-electron chi connectivity index (χ2n) is 4.75. The molecule has 0 heterocycles. The van der Waals surface area contributed by atoms with Crippen molar-refractivity contribution >= 4 is 26.7 Å². The first-order chi connectivity index (χ1) is 7.94. The van der Waals surface area contributed by atoms with E-state index in [1.165, 1.54) is 0 Å². The minimum atomic E-state index is -0.811. The van der Waals surface area contributed by atoms with Crippen LogP contribution < -0.4 is 4.74 Å². The maximum atomic E-state index is 9.60. The predicted molar refractivity (Wildman–Crippen MR) is 73.4 cm³/mol. The van der Waals surface area contributed by atoms with E-state index in [0.717, 1.165) is 21.0 Å². The van der Waals surface area contributed by atoms with Gasteiger partial charge >= 0.3 is 0 Å². The summed E-state index contributed by atoms with van der Waals surface area (Å²) >= 11 is 3.44. The molecule has 17 heavy (non-hydrogen) atoms. The number of rotatable bonds is 3. The molecule has 0 atom stereocenters. The SMILES string of the molecule is CC(C)(O)COc1ccc2cc(Br)ccc2c1. The van der Waals surface area contributed by atoms with Crippen molar-refractivity contribution in [3.63, 3.8) is 0 Å². The normalized spacial score (nSPS) is 11.8. The summed E-state index contributed by atoms with van der Waals surface area (Å²) in [7, 11) is 0. The molecule has 90 valence electrons. The van der Waals surface area contributed by atoms with Crippen LogP contribution in [0.2, 0.25) is 0 Å². The third kappa shape index (κ3) is 3.45. The molecule has 0 aliphatic rings. The zero-order valence-corrected chi connectivity index (χ0v) is 11.5. The van der Waals surface area contributed by atoms with Crippen LogP contribution in [0.25, 0.3) is 10.8 Å². The number of hydrogen-bond donors (Lipinski definition) is 1. The second-order valence-corrected chi connectivity index (χ2v) is 5.67. The standard InChI is InChI=1S/C14H15BrO2/c1-14(2,16)9-17-13-6-4-10-7-12(15)5-3-11(10)8-13/h3-8,16H,9H2,1-2H3. The highest BCUT2D eigenvalue weighted by atomic mass is 79.9. The van der Waals surface area contributed by atoms with Gasteiger partial charge in [0.2, 0.25) is 0 Å². The molecule has 0 bridgehead atoms.